The number of carbonyl (C=O) groups is 2. The summed E-state index contributed by atoms with van der Waals surface area (Å²) in [5, 5.41) is 4.63. The third kappa shape index (κ3) is 6.10. The van der Waals surface area contributed by atoms with Crippen molar-refractivity contribution in [1.82, 2.24) is 15.2 Å². The summed E-state index contributed by atoms with van der Waals surface area (Å²) in [7, 11) is 0. The Morgan fingerprint density at radius 1 is 1.03 bits per heavy atom. The lowest BCUT2D eigenvalue weighted by molar-refractivity contribution is 0.0918. The molecule has 0 radical (unpaired) electrons. The number of nitrogens with zero attached hydrogens (tertiary/aromatic N) is 2. The van der Waals surface area contributed by atoms with Gasteiger partial charge in [-0.15, -0.1) is 0 Å². The molecule has 2 aromatic carbocycles. The molecular formula is C32H38ClN3O2. The molecule has 0 bridgehead atoms. The summed E-state index contributed by atoms with van der Waals surface area (Å²) in [4.78, 5) is 32.4. The van der Waals surface area contributed by atoms with E-state index in [2.05, 4.69) is 27.3 Å². The van der Waals surface area contributed by atoms with Crippen LogP contribution in [0.1, 0.15) is 77.8 Å². The van der Waals surface area contributed by atoms with E-state index in [0.29, 0.717) is 22.0 Å². The number of ketones is 1. The van der Waals surface area contributed by atoms with Gasteiger partial charge in [-0.05, 0) is 92.8 Å². The molecule has 0 spiro atoms. The van der Waals surface area contributed by atoms with Crippen molar-refractivity contribution in [2.24, 2.45) is 11.8 Å². The Morgan fingerprint density at radius 3 is 2.55 bits per heavy atom. The molecule has 0 saturated heterocycles. The van der Waals surface area contributed by atoms with Gasteiger partial charge >= 0.3 is 0 Å². The highest BCUT2D eigenvalue weighted by Crippen LogP contribution is 2.29. The number of benzene rings is 2. The Labute approximate surface area is 231 Å². The van der Waals surface area contributed by atoms with Gasteiger partial charge in [0.15, 0.2) is 5.78 Å². The van der Waals surface area contributed by atoms with Crippen LogP contribution in [0.2, 0.25) is 5.02 Å². The number of fused-ring (bicyclic) bond motifs is 2. The van der Waals surface area contributed by atoms with Crippen LogP contribution in [-0.2, 0) is 12.8 Å². The maximum atomic E-state index is 13.1. The smallest absolute Gasteiger partial charge is 0.252 e. The predicted octanol–water partition coefficient (Wildman–Crippen LogP) is 6.51. The minimum atomic E-state index is -0.0366. The first-order valence-corrected chi connectivity index (χ1v) is 14.5. The number of hydrogen-bond acceptors (Lipinski definition) is 4. The topological polar surface area (TPSA) is 62.3 Å². The number of amides is 1. The number of rotatable bonds is 7. The third-order valence-electron chi connectivity index (χ3n) is 8.41. The molecule has 6 heteroatoms. The molecule has 1 aromatic heterocycles. The number of carbonyl (C=O) groups excluding carboxylic acids is 2. The second-order valence-electron chi connectivity index (χ2n) is 11.3. The van der Waals surface area contributed by atoms with Crippen molar-refractivity contribution in [3.05, 3.63) is 75.9 Å². The summed E-state index contributed by atoms with van der Waals surface area (Å²) < 4.78 is 0. The lowest BCUT2D eigenvalue weighted by atomic mass is 9.84. The largest absolute Gasteiger partial charge is 0.349 e. The molecular weight excluding hydrogens is 494 g/mol. The molecule has 1 N–H and O–H groups in total. The minimum Gasteiger partial charge on any atom is -0.349 e. The zero-order valence-corrected chi connectivity index (χ0v) is 23.3. The lowest BCUT2D eigenvalue weighted by Crippen LogP contribution is -2.38. The predicted molar refractivity (Wildman–Crippen MR) is 154 cm³/mol. The fraction of sp³-hybridized carbons (Fsp3) is 0.469. The van der Waals surface area contributed by atoms with Crippen LogP contribution in [0, 0.1) is 11.8 Å². The molecule has 1 aliphatic heterocycles. The van der Waals surface area contributed by atoms with E-state index in [1.165, 1.54) is 17.5 Å². The molecule has 38 heavy (non-hydrogen) atoms. The maximum Gasteiger partial charge on any atom is 0.252 e. The number of Topliss-reactive ketones (excluding diaryl/α,β-unsaturated/α-hetero) is 1. The normalized spacial score (nSPS) is 20.2. The second-order valence-corrected chi connectivity index (χ2v) is 11.7. The Hall–Kier alpha value is -2.76. The maximum absolute atomic E-state index is 13.1. The van der Waals surface area contributed by atoms with Gasteiger partial charge in [-0.25, -0.2) is 0 Å². The standard InChI is InChI=1S/C32H38ClN3O2/c1-21(2)31(37)25-8-7-23-14-18-36(19-15-24(23)20-25)17-13-22-5-9-26(10-6-22)35-32(38)28-11-12-29(33)30-27(28)4-3-16-34-30/h3-4,7-8,11-12,16,20-22,26H,5-6,9-10,13-15,17-19H2,1-2H3,(H,35,38). The van der Waals surface area contributed by atoms with E-state index in [4.69, 9.17) is 11.6 Å². The van der Waals surface area contributed by atoms with Gasteiger partial charge in [-0.1, -0.05) is 43.6 Å². The molecule has 0 unspecified atom stereocenters. The average molecular weight is 532 g/mol. The van der Waals surface area contributed by atoms with Crippen molar-refractivity contribution in [2.75, 3.05) is 19.6 Å². The van der Waals surface area contributed by atoms with Crippen molar-refractivity contribution in [3.63, 3.8) is 0 Å². The van der Waals surface area contributed by atoms with Crippen molar-refractivity contribution >= 4 is 34.2 Å². The highest BCUT2D eigenvalue weighted by molar-refractivity contribution is 6.35. The van der Waals surface area contributed by atoms with Crippen LogP contribution < -0.4 is 5.32 Å². The third-order valence-corrected chi connectivity index (χ3v) is 8.72. The number of aromatic nitrogens is 1. The van der Waals surface area contributed by atoms with E-state index in [-0.39, 0.29) is 23.7 Å². The van der Waals surface area contributed by atoms with Crippen molar-refractivity contribution < 1.29 is 9.59 Å². The van der Waals surface area contributed by atoms with Crippen LogP contribution in [-0.4, -0.2) is 47.3 Å². The van der Waals surface area contributed by atoms with E-state index in [9.17, 15) is 9.59 Å². The molecule has 200 valence electrons. The molecule has 3 aromatic rings. The number of hydrogen-bond donors (Lipinski definition) is 1. The molecule has 5 rings (SSSR count). The summed E-state index contributed by atoms with van der Waals surface area (Å²) in [6.07, 6.45) is 9.35. The lowest BCUT2D eigenvalue weighted by Gasteiger charge is -2.31. The quantitative estimate of drug-likeness (QED) is 0.353. The molecule has 1 fully saturated rings. The average Bonchev–Trinajstić information content (AvgIpc) is 3.14. The molecule has 2 heterocycles. The van der Waals surface area contributed by atoms with Gasteiger partial charge in [-0.2, -0.15) is 0 Å². The van der Waals surface area contributed by atoms with E-state index in [0.717, 1.165) is 69.1 Å². The molecule has 2 aliphatic rings. The first kappa shape index (κ1) is 26.8. The zero-order valence-electron chi connectivity index (χ0n) is 22.5. The van der Waals surface area contributed by atoms with E-state index in [1.807, 2.05) is 32.0 Å². The van der Waals surface area contributed by atoms with E-state index >= 15 is 0 Å². The Bertz CT molecular complexity index is 1310. The van der Waals surface area contributed by atoms with Crippen LogP contribution in [0.5, 0.6) is 0 Å². The number of nitrogens with one attached hydrogen (secondary N) is 1. The van der Waals surface area contributed by atoms with Crippen LogP contribution in [0.25, 0.3) is 10.9 Å². The molecule has 1 aliphatic carbocycles. The van der Waals surface area contributed by atoms with Crippen molar-refractivity contribution in [3.8, 4) is 0 Å². The summed E-state index contributed by atoms with van der Waals surface area (Å²) in [6.45, 7) is 7.20. The van der Waals surface area contributed by atoms with Crippen LogP contribution in [0.3, 0.4) is 0 Å². The SMILES string of the molecule is CC(C)C(=O)c1ccc2c(c1)CCN(CCC1CCC(NC(=O)c3ccc(Cl)c4ncccc34)CC1)CC2. The second kappa shape index (κ2) is 12.0. The summed E-state index contributed by atoms with van der Waals surface area (Å²) >= 11 is 6.28. The van der Waals surface area contributed by atoms with E-state index in [1.54, 1.807) is 18.3 Å². The number of pyridine rings is 1. The highest BCUT2D eigenvalue weighted by Gasteiger charge is 2.25. The first-order chi connectivity index (χ1) is 18.4. The van der Waals surface area contributed by atoms with Gasteiger partial charge in [0.25, 0.3) is 5.91 Å². The van der Waals surface area contributed by atoms with Crippen molar-refractivity contribution in [2.45, 2.75) is 64.8 Å². The van der Waals surface area contributed by atoms with Gasteiger partial charge in [0, 0.05) is 47.8 Å². The van der Waals surface area contributed by atoms with Gasteiger partial charge in [0.05, 0.1) is 10.5 Å². The fourth-order valence-corrected chi connectivity index (χ4v) is 6.26. The Kier molecular flexibility index (Phi) is 8.45. The van der Waals surface area contributed by atoms with Crippen LogP contribution >= 0.6 is 11.6 Å². The Balaban J connectivity index is 1.09. The summed E-state index contributed by atoms with van der Waals surface area (Å²) in [5.41, 5.74) is 4.92. The first-order valence-electron chi connectivity index (χ1n) is 14.1. The molecule has 0 atom stereocenters. The van der Waals surface area contributed by atoms with Crippen LogP contribution in [0.4, 0.5) is 0 Å². The fourth-order valence-electron chi connectivity index (χ4n) is 6.04. The summed E-state index contributed by atoms with van der Waals surface area (Å²) in [6, 6.07) is 13.9. The molecule has 1 amide bonds. The van der Waals surface area contributed by atoms with E-state index < -0.39 is 0 Å². The Morgan fingerprint density at radius 2 is 1.79 bits per heavy atom. The van der Waals surface area contributed by atoms with Crippen molar-refractivity contribution in [1.29, 1.82) is 0 Å². The highest BCUT2D eigenvalue weighted by atomic mass is 35.5. The van der Waals surface area contributed by atoms with Gasteiger partial charge in [0.2, 0.25) is 0 Å². The number of halogens is 1. The monoisotopic (exact) mass is 531 g/mol. The van der Waals surface area contributed by atoms with Gasteiger partial charge in [0.1, 0.15) is 0 Å². The van der Waals surface area contributed by atoms with Gasteiger partial charge in [-0.3, -0.25) is 14.6 Å². The summed E-state index contributed by atoms with van der Waals surface area (Å²) in [5.74, 6) is 0.947. The molecule has 1 saturated carbocycles. The van der Waals surface area contributed by atoms with Crippen LogP contribution in [0.15, 0.2) is 48.7 Å². The minimum absolute atomic E-state index is 0.0355. The zero-order chi connectivity index (χ0) is 26.6. The van der Waals surface area contributed by atoms with Gasteiger partial charge < -0.3 is 10.2 Å². The molecule has 5 nitrogen and oxygen atoms in total.